The third-order valence-electron chi connectivity index (χ3n) is 4.77. The number of benzene rings is 1. The van der Waals surface area contributed by atoms with E-state index in [9.17, 15) is 4.79 Å². The smallest absolute Gasteiger partial charge is 0.266 e. The van der Waals surface area contributed by atoms with E-state index < -0.39 is 0 Å². The van der Waals surface area contributed by atoms with Gasteiger partial charge in [-0.3, -0.25) is 4.79 Å². The molecule has 3 aromatic rings. The number of nitrogens with zero attached hydrogens (tertiary/aromatic N) is 3. The fourth-order valence-electron chi connectivity index (χ4n) is 3.35. The molecule has 0 bridgehead atoms. The molecule has 2 aromatic heterocycles. The molecular weight excluding hydrogens is 368 g/mol. The molecule has 0 saturated carbocycles. The lowest BCUT2D eigenvalue weighted by Crippen LogP contribution is -2.19. The molecule has 1 aliphatic rings. The van der Waals surface area contributed by atoms with Crippen LogP contribution in [-0.2, 0) is 0 Å². The van der Waals surface area contributed by atoms with Gasteiger partial charge in [0.05, 0.1) is 10.3 Å². The molecule has 134 valence electrons. The van der Waals surface area contributed by atoms with Crippen molar-refractivity contribution < 1.29 is 4.79 Å². The maximum atomic E-state index is 12.9. The maximum Gasteiger partial charge on any atom is 0.266 e. The number of aromatic nitrogens is 2. The highest BCUT2D eigenvalue weighted by Gasteiger charge is 2.23. The standard InChI is InChI=1S/C19H19ClN4OS/c1-11-5-6-13(20)9-14(11)23-18(25)16-12(2)15-17(24-7-3-4-8-24)21-10-22-19(15)26-16/h5-6,9-10H,3-4,7-8H2,1-2H3,(H,23,25). The number of carbonyl (C=O) groups is 1. The van der Waals surface area contributed by atoms with Crippen LogP contribution >= 0.6 is 22.9 Å². The summed E-state index contributed by atoms with van der Waals surface area (Å²) in [6, 6.07) is 5.48. The van der Waals surface area contributed by atoms with E-state index in [1.807, 2.05) is 26.0 Å². The summed E-state index contributed by atoms with van der Waals surface area (Å²) in [4.78, 5) is 25.6. The van der Waals surface area contributed by atoms with Crippen LogP contribution in [0.25, 0.3) is 10.2 Å². The predicted octanol–water partition coefficient (Wildman–Crippen LogP) is 4.81. The molecule has 1 amide bonds. The average Bonchev–Trinajstić information content (AvgIpc) is 3.26. The summed E-state index contributed by atoms with van der Waals surface area (Å²) in [5.41, 5.74) is 2.63. The second-order valence-corrected chi connectivity index (χ2v) is 7.98. The van der Waals surface area contributed by atoms with Crippen LogP contribution in [0.15, 0.2) is 24.5 Å². The lowest BCUT2D eigenvalue weighted by atomic mass is 10.1. The third-order valence-corrected chi connectivity index (χ3v) is 6.20. The van der Waals surface area contributed by atoms with Gasteiger partial charge in [-0.1, -0.05) is 17.7 Å². The monoisotopic (exact) mass is 386 g/mol. The van der Waals surface area contributed by atoms with Crippen LogP contribution in [0.5, 0.6) is 0 Å². The van der Waals surface area contributed by atoms with Crippen molar-refractivity contribution in [3.05, 3.63) is 45.6 Å². The van der Waals surface area contributed by atoms with Crippen molar-refractivity contribution in [2.75, 3.05) is 23.3 Å². The molecular formula is C19H19ClN4OS. The first-order chi connectivity index (χ1) is 12.5. The molecule has 1 aromatic carbocycles. The van der Waals surface area contributed by atoms with Gasteiger partial charge in [0.1, 0.15) is 17.0 Å². The van der Waals surface area contributed by atoms with Crippen molar-refractivity contribution in [2.45, 2.75) is 26.7 Å². The molecule has 7 heteroatoms. The van der Waals surface area contributed by atoms with Gasteiger partial charge >= 0.3 is 0 Å². The Morgan fingerprint density at radius 2 is 2.00 bits per heavy atom. The Kier molecular flexibility index (Phi) is 4.54. The maximum absolute atomic E-state index is 12.9. The highest BCUT2D eigenvalue weighted by atomic mass is 35.5. The van der Waals surface area contributed by atoms with Crippen LogP contribution in [0.2, 0.25) is 5.02 Å². The van der Waals surface area contributed by atoms with Gasteiger partial charge in [-0.2, -0.15) is 0 Å². The second-order valence-electron chi connectivity index (χ2n) is 6.54. The SMILES string of the molecule is Cc1ccc(Cl)cc1NC(=O)c1sc2ncnc(N3CCCC3)c2c1C. The topological polar surface area (TPSA) is 58.1 Å². The average molecular weight is 387 g/mol. The summed E-state index contributed by atoms with van der Waals surface area (Å²) >= 11 is 7.47. The van der Waals surface area contributed by atoms with E-state index in [2.05, 4.69) is 20.2 Å². The van der Waals surface area contributed by atoms with E-state index in [0.29, 0.717) is 9.90 Å². The summed E-state index contributed by atoms with van der Waals surface area (Å²) in [5, 5.41) is 4.57. The van der Waals surface area contributed by atoms with Crippen molar-refractivity contribution in [1.82, 2.24) is 9.97 Å². The third kappa shape index (κ3) is 3.04. The van der Waals surface area contributed by atoms with Gasteiger partial charge in [-0.15, -0.1) is 11.3 Å². The van der Waals surface area contributed by atoms with E-state index in [4.69, 9.17) is 11.6 Å². The summed E-state index contributed by atoms with van der Waals surface area (Å²) < 4.78 is 0. The summed E-state index contributed by atoms with van der Waals surface area (Å²) in [6.45, 7) is 5.93. The van der Waals surface area contributed by atoms with Crippen molar-refractivity contribution in [1.29, 1.82) is 0 Å². The lowest BCUT2D eigenvalue weighted by molar-refractivity contribution is 0.103. The summed E-state index contributed by atoms with van der Waals surface area (Å²) in [7, 11) is 0. The van der Waals surface area contributed by atoms with E-state index in [1.165, 1.54) is 24.2 Å². The van der Waals surface area contributed by atoms with Gasteiger partial charge in [0.25, 0.3) is 5.91 Å². The van der Waals surface area contributed by atoms with Crippen molar-refractivity contribution >= 4 is 50.6 Å². The van der Waals surface area contributed by atoms with Crippen LogP contribution in [0.4, 0.5) is 11.5 Å². The molecule has 0 radical (unpaired) electrons. The van der Waals surface area contributed by atoms with Crippen LogP contribution in [-0.4, -0.2) is 29.0 Å². The Hall–Kier alpha value is -2.18. The molecule has 0 aliphatic carbocycles. The van der Waals surface area contributed by atoms with E-state index in [-0.39, 0.29) is 5.91 Å². The minimum atomic E-state index is -0.136. The zero-order chi connectivity index (χ0) is 18.3. The normalized spacial score (nSPS) is 14.2. The number of halogens is 1. The van der Waals surface area contributed by atoms with E-state index in [0.717, 1.165) is 45.9 Å². The van der Waals surface area contributed by atoms with Gasteiger partial charge in [-0.25, -0.2) is 9.97 Å². The highest BCUT2D eigenvalue weighted by molar-refractivity contribution is 7.20. The molecule has 5 nitrogen and oxygen atoms in total. The molecule has 0 atom stereocenters. The number of hydrogen-bond donors (Lipinski definition) is 1. The van der Waals surface area contributed by atoms with Crippen molar-refractivity contribution in [3.63, 3.8) is 0 Å². The molecule has 1 fully saturated rings. The van der Waals surface area contributed by atoms with Crippen LogP contribution in [0, 0.1) is 13.8 Å². The number of thiophene rings is 1. The highest BCUT2D eigenvalue weighted by Crippen LogP contribution is 2.36. The Morgan fingerprint density at radius 3 is 2.77 bits per heavy atom. The quantitative estimate of drug-likeness (QED) is 0.701. The number of rotatable bonds is 3. The van der Waals surface area contributed by atoms with E-state index >= 15 is 0 Å². The minimum absolute atomic E-state index is 0.136. The molecule has 0 unspecified atom stereocenters. The molecule has 3 heterocycles. The number of hydrogen-bond acceptors (Lipinski definition) is 5. The lowest BCUT2D eigenvalue weighted by Gasteiger charge is -2.17. The fraction of sp³-hybridized carbons (Fsp3) is 0.316. The van der Waals surface area contributed by atoms with Crippen molar-refractivity contribution in [2.24, 2.45) is 0 Å². The largest absolute Gasteiger partial charge is 0.356 e. The second kappa shape index (κ2) is 6.85. The van der Waals surface area contributed by atoms with Gasteiger partial charge in [0.15, 0.2) is 0 Å². The molecule has 0 spiro atoms. The number of fused-ring (bicyclic) bond motifs is 1. The number of carbonyl (C=O) groups excluding carboxylic acids is 1. The predicted molar refractivity (Wildman–Crippen MR) is 108 cm³/mol. The summed E-state index contributed by atoms with van der Waals surface area (Å²) in [5.74, 6) is 0.808. The number of amides is 1. The number of anilines is 2. The van der Waals surface area contributed by atoms with Crippen LogP contribution in [0.1, 0.15) is 33.6 Å². The Labute approximate surface area is 161 Å². The number of aryl methyl sites for hydroxylation is 2. The molecule has 1 N–H and O–H groups in total. The first-order valence-corrected chi connectivity index (χ1v) is 9.80. The first kappa shape index (κ1) is 17.2. The summed E-state index contributed by atoms with van der Waals surface area (Å²) in [6.07, 6.45) is 3.95. The molecule has 1 aliphatic heterocycles. The van der Waals surface area contributed by atoms with Crippen LogP contribution in [0.3, 0.4) is 0 Å². The van der Waals surface area contributed by atoms with Gasteiger partial charge in [0.2, 0.25) is 0 Å². The zero-order valence-corrected chi connectivity index (χ0v) is 16.2. The van der Waals surface area contributed by atoms with Crippen LogP contribution < -0.4 is 10.2 Å². The minimum Gasteiger partial charge on any atom is -0.356 e. The Balaban J connectivity index is 1.72. The fourth-order valence-corrected chi connectivity index (χ4v) is 4.56. The number of nitrogens with one attached hydrogen (secondary N) is 1. The van der Waals surface area contributed by atoms with Gasteiger partial charge in [0, 0.05) is 23.8 Å². The first-order valence-electron chi connectivity index (χ1n) is 8.61. The van der Waals surface area contributed by atoms with Crippen molar-refractivity contribution in [3.8, 4) is 0 Å². The van der Waals surface area contributed by atoms with Gasteiger partial charge < -0.3 is 10.2 Å². The molecule has 1 saturated heterocycles. The molecule has 26 heavy (non-hydrogen) atoms. The van der Waals surface area contributed by atoms with Gasteiger partial charge in [-0.05, 0) is 49.9 Å². The Morgan fingerprint density at radius 1 is 1.23 bits per heavy atom. The Bertz CT molecular complexity index is 995. The molecule has 4 rings (SSSR count). The van der Waals surface area contributed by atoms with E-state index in [1.54, 1.807) is 12.4 Å². The zero-order valence-electron chi connectivity index (χ0n) is 14.7.